The van der Waals surface area contributed by atoms with Crippen LogP contribution in [0.1, 0.15) is 24.2 Å². The molecule has 0 N–H and O–H groups in total. The normalized spacial score (nSPS) is 12.0. The van der Waals surface area contributed by atoms with Gasteiger partial charge in [0.25, 0.3) is 0 Å². The smallest absolute Gasteiger partial charge is 0.321 e. The third-order valence-electron chi connectivity index (χ3n) is 2.57. The molecule has 7 heteroatoms. The van der Waals surface area contributed by atoms with Crippen molar-refractivity contribution in [3.8, 4) is 0 Å². The van der Waals surface area contributed by atoms with Crippen LogP contribution < -0.4 is 0 Å². The molecular weight excluding hydrogens is 304 g/mol. The minimum Gasteiger partial charge on any atom is -0.450 e. The van der Waals surface area contributed by atoms with E-state index in [9.17, 15) is 18.0 Å². The molecule has 0 atom stereocenters. The number of sulfone groups is 1. The Morgan fingerprint density at radius 1 is 1.20 bits per heavy atom. The van der Waals surface area contributed by atoms with E-state index in [-0.39, 0.29) is 16.3 Å². The van der Waals surface area contributed by atoms with Crippen LogP contribution in [0.5, 0.6) is 0 Å². The second kappa shape index (κ2) is 5.93. The summed E-state index contributed by atoms with van der Waals surface area (Å²) in [7, 11) is -3.32. The third kappa shape index (κ3) is 4.05. The molecule has 0 saturated heterocycles. The number of ether oxygens (including phenoxy) is 1. The molecule has 0 unspecified atom stereocenters. The van der Waals surface area contributed by atoms with E-state index in [1.807, 2.05) is 0 Å². The highest BCUT2D eigenvalue weighted by molar-refractivity contribution is 7.90. The first kappa shape index (κ1) is 16.7. The van der Waals surface area contributed by atoms with Gasteiger partial charge in [0.15, 0.2) is 15.4 Å². The highest BCUT2D eigenvalue weighted by Crippen LogP contribution is 2.19. The molecule has 0 aliphatic rings. The summed E-state index contributed by atoms with van der Waals surface area (Å²) < 4.78 is 27.6. The number of hydrogen-bond acceptors (Lipinski definition) is 5. The fourth-order valence-electron chi connectivity index (χ4n) is 1.56. The van der Waals surface area contributed by atoms with E-state index in [1.165, 1.54) is 38.1 Å². The van der Waals surface area contributed by atoms with Gasteiger partial charge in [0, 0.05) is 11.8 Å². The first-order chi connectivity index (χ1) is 9.08. The van der Waals surface area contributed by atoms with Crippen molar-refractivity contribution in [2.24, 2.45) is 0 Å². The van der Waals surface area contributed by atoms with E-state index in [2.05, 4.69) is 0 Å². The number of ketones is 1. The monoisotopic (exact) mass is 318 g/mol. The van der Waals surface area contributed by atoms with Gasteiger partial charge in [-0.2, -0.15) is 0 Å². The lowest BCUT2D eigenvalue weighted by atomic mass is 9.96. The topological polar surface area (TPSA) is 77.5 Å². The zero-order chi connectivity index (χ0) is 15.6. The third-order valence-corrected chi connectivity index (χ3v) is 3.92. The first-order valence-corrected chi connectivity index (χ1v) is 8.13. The molecule has 1 aromatic carbocycles. The number of benzene rings is 1. The van der Waals surface area contributed by atoms with Gasteiger partial charge in [-0.3, -0.25) is 9.59 Å². The van der Waals surface area contributed by atoms with Crippen LogP contribution in [0.25, 0.3) is 0 Å². The maximum atomic E-state index is 12.2. The van der Waals surface area contributed by atoms with Crippen molar-refractivity contribution < 1.29 is 22.7 Å². The zero-order valence-electron chi connectivity index (χ0n) is 11.3. The predicted octanol–water partition coefficient (Wildman–Crippen LogP) is 1.83. The minimum atomic E-state index is -3.32. The number of rotatable bonds is 5. The van der Waals surface area contributed by atoms with Crippen LogP contribution in [0.3, 0.4) is 0 Å². The number of carbonyl (C=O) groups excluding carboxylic acids is 2. The van der Waals surface area contributed by atoms with Crippen molar-refractivity contribution in [1.29, 1.82) is 0 Å². The fraction of sp³-hybridized carbons (Fsp3) is 0.385. The summed E-state index contributed by atoms with van der Waals surface area (Å²) in [5, 5.41) is 0. The number of Topliss-reactive ketones (excluding diaryl/α,β-unsaturated/α-hetero) is 1. The molecule has 0 heterocycles. The van der Waals surface area contributed by atoms with E-state index in [0.717, 1.165) is 6.26 Å². The minimum absolute atomic E-state index is 0.115. The molecule has 110 valence electrons. The number of alkyl halides is 1. The molecule has 0 aliphatic carbocycles. The Labute approximate surface area is 122 Å². The summed E-state index contributed by atoms with van der Waals surface area (Å²) in [4.78, 5) is 23.5. The van der Waals surface area contributed by atoms with Crippen molar-refractivity contribution in [2.45, 2.75) is 24.3 Å². The SMILES string of the molecule is CC(C)(OC(=O)CCl)C(=O)c1ccc(S(C)(=O)=O)cc1. The quantitative estimate of drug-likeness (QED) is 0.470. The second-order valence-corrected chi connectivity index (χ2v) is 7.03. The maximum absolute atomic E-state index is 12.2. The summed E-state index contributed by atoms with van der Waals surface area (Å²) in [5.41, 5.74) is -1.11. The summed E-state index contributed by atoms with van der Waals surface area (Å²) in [5.74, 6) is -1.47. The average Bonchev–Trinajstić information content (AvgIpc) is 2.36. The fourth-order valence-corrected chi connectivity index (χ4v) is 2.24. The molecule has 0 bridgehead atoms. The van der Waals surface area contributed by atoms with Gasteiger partial charge >= 0.3 is 5.97 Å². The lowest BCUT2D eigenvalue weighted by Crippen LogP contribution is -2.37. The van der Waals surface area contributed by atoms with Crippen LogP contribution in [-0.2, 0) is 19.4 Å². The van der Waals surface area contributed by atoms with Crippen LogP contribution in [0.15, 0.2) is 29.2 Å². The molecule has 0 fully saturated rings. The molecule has 0 amide bonds. The van der Waals surface area contributed by atoms with Gasteiger partial charge < -0.3 is 4.74 Å². The van der Waals surface area contributed by atoms with Crippen LogP contribution >= 0.6 is 11.6 Å². The van der Waals surface area contributed by atoms with Crippen LogP contribution in [-0.4, -0.2) is 37.9 Å². The molecule has 5 nitrogen and oxygen atoms in total. The van der Waals surface area contributed by atoms with E-state index in [0.29, 0.717) is 0 Å². The number of hydrogen-bond donors (Lipinski definition) is 0. The number of halogens is 1. The van der Waals surface area contributed by atoms with Crippen LogP contribution in [0.4, 0.5) is 0 Å². The van der Waals surface area contributed by atoms with Crippen molar-refractivity contribution in [2.75, 3.05) is 12.1 Å². The summed E-state index contributed by atoms with van der Waals surface area (Å²) >= 11 is 5.33. The summed E-state index contributed by atoms with van der Waals surface area (Å²) in [6, 6.07) is 5.44. The van der Waals surface area contributed by atoms with Crippen LogP contribution in [0.2, 0.25) is 0 Å². The molecule has 1 aromatic rings. The maximum Gasteiger partial charge on any atom is 0.321 e. The molecule has 0 aromatic heterocycles. The Kier molecular flexibility index (Phi) is 4.94. The summed E-state index contributed by atoms with van der Waals surface area (Å²) in [6.45, 7) is 2.90. The Bertz CT molecular complexity index is 617. The highest BCUT2D eigenvalue weighted by Gasteiger charge is 2.32. The second-order valence-electron chi connectivity index (χ2n) is 4.74. The average molecular weight is 319 g/mol. The van der Waals surface area contributed by atoms with Crippen LogP contribution in [0, 0.1) is 0 Å². The number of esters is 1. The van der Waals surface area contributed by atoms with E-state index in [1.54, 1.807) is 0 Å². The predicted molar refractivity (Wildman–Crippen MR) is 74.8 cm³/mol. The lowest BCUT2D eigenvalue weighted by molar-refractivity contribution is -0.149. The molecule has 0 spiro atoms. The van der Waals surface area contributed by atoms with Gasteiger partial charge in [0.05, 0.1) is 4.90 Å². The van der Waals surface area contributed by atoms with Gasteiger partial charge in [-0.05, 0) is 38.1 Å². The van der Waals surface area contributed by atoms with Gasteiger partial charge in [-0.25, -0.2) is 8.42 Å². The van der Waals surface area contributed by atoms with E-state index >= 15 is 0 Å². The Balaban J connectivity index is 3.01. The molecule has 1 rings (SSSR count). The number of carbonyl (C=O) groups is 2. The van der Waals surface area contributed by atoms with Crippen molar-refractivity contribution in [1.82, 2.24) is 0 Å². The van der Waals surface area contributed by atoms with Crippen molar-refractivity contribution >= 4 is 33.2 Å². The molecular formula is C13H15ClO5S. The van der Waals surface area contributed by atoms with Gasteiger partial charge in [0.2, 0.25) is 5.78 Å². The van der Waals surface area contributed by atoms with Gasteiger partial charge in [-0.1, -0.05) is 0 Å². The van der Waals surface area contributed by atoms with Gasteiger partial charge in [0.1, 0.15) is 5.88 Å². The van der Waals surface area contributed by atoms with E-state index in [4.69, 9.17) is 16.3 Å². The Hall–Kier alpha value is -1.40. The van der Waals surface area contributed by atoms with Crippen molar-refractivity contribution in [3.63, 3.8) is 0 Å². The zero-order valence-corrected chi connectivity index (χ0v) is 12.9. The molecule has 0 radical (unpaired) electrons. The molecule has 0 aliphatic heterocycles. The molecule has 0 saturated carbocycles. The van der Waals surface area contributed by atoms with Crippen molar-refractivity contribution in [3.05, 3.63) is 29.8 Å². The van der Waals surface area contributed by atoms with E-state index < -0.39 is 27.2 Å². The molecule has 20 heavy (non-hydrogen) atoms. The lowest BCUT2D eigenvalue weighted by Gasteiger charge is -2.23. The largest absolute Gasteiger partial charge is 0.450 e. The first-order valence-electron chi connectivity index (χ1n) is 5.70. The highest BCUT2D eigenvalue weighted by atomic mass is 35.5. The standard InChI is InChI=1S/C13H15ClO5S/c1-13(2,19-11(15)8-14)12(16)9-4-6-10(7-5-9)20(3,17)18/h4-7H,8H2,1-3H3. The summed E-state index contributed by atoms with van der Waals surface area (Å²) in [6.07, 6.45) is 1.08. The Morgan fingerprint density at radius 3 is 2.10 bits per heavy atom. The Morgan fingerprint density at radius 2 is 1.70 bits per heavy atom. The van der Waals surface area contributed by atoms with Gasteiger partial charge in [-0.15, -0.1) is 11.6 Å².